The molecule has 2 rings (SSSR count). The highest BCUT2D eigenvalue weighted by atomic mass is 15.1. The van der Waals surface area contributed by atoms with E-state index in [-0.39, 0.29) is 0 Å². The van der Waals surface area contributed by atoms with Crippen molar-refractivity contribution in [1.29, 1.82) is 0 Å². The standard InChI is InChI=1S/C15H25N3/c1-12-8-15(14(9-16)10-17-12)18(2)11-13-6-4-3-5-7-13/h8,10,13H,3-7,9,11,16H2,1-2H3. The molecule has 0 spiro atoms. The lowest BCUT2D eigenvalue weighted by Crippen LogP contribution is -2.28. The highest BCUT2D eigenvalue weighted by Gasteiger charge is 2.17. The average molecular weight is 247 g/mol. The second-order valence-electron chi connectivity index (χ2n) is 5.54. The fraction of sp³-hybridized carbons (Fsp3) is 0.667. The van der Waals surface area contributed by atoms with Crippen LogP contribution in [0.2, 0.25) is 0 Å². The van der Waals surface area contributed by atoms with Crippen LogP contribution < -0.4 is 10.6 Å². The van der Waals surface area contributed by atoms with E-state index in [0.29, 0.717) is 6.54 Å². The third-order valence-corrected chi connectivity index (χ3v) is 3.99. The van der Waals surface area contributed by atoms with Crippen molar-refractivity contribution in [1.82, 2.24) is 4.98 Å². The lowest BCUT2D eigenvalue weighted by molar-refractivity contribution is 0.362. The van der Waals surface area contributed by atoms with Crippen LogP contribution in [-0.4, -0.2) is 18.6 Å². The molecule has 0 saturated heterocycles. The van der Waals surface area contributed by atoms with Crippen molar-refractivity contribution < 1.29 is 0 Å². The van der Waals surface area contributed by atoms with Crippen molar-refractivity contribution in [3.8, 4) is 0 Å². The number of aryl methyl sites for hydroxylation is 1. The average Bonchev–Trinajstić information content (AvgIpc) is 2.40. The van der Waals surface area contributed by atoms with Gasteiger partial charge in [0.05, 0.1) is 0 Å². The van der Waals surface area contributed by atoms with Crippen LogP contribution in [0.4, 0.5) is 5.69 Å². The van der Waals surface area contributed by atoms with Crippen LogP contribution in [0.5, 0.6) is 0 Å². The highest BCUT2D eigenvalue weighted by Crippen LogP contribution is 2.27. The summed E-state index contributed by atoms with van der Waals surface area (Å²) in [6.07, 6.45) is 8.90. The molecule has 2 N–H and O–H groups in total. The third kappa shape index (κ3) is 3.22. The topological polar surface area (TPSA) is 42.1 Å². The van der Waals surface area contributed by atoms with Crippen molar-refractivity contribution in [3.05, 3.63) is 23.5 Å². The summed E-state index contributed by atoms with van der Waals surface area (Å²) < 4.78 is 0. The van der Waals surface area contributed by atoms with Gasteiger partial charge in [-0.2, -0.15) is 0 Å². The molecule has 1 aromatic heterocycles. The molecular weight excluding hydrogens is 222 g/mol. The van der Waals surface area contributed by atoms with Gasteiger partial charge in [0.1, 0.15) is 0 Å². The number of hydrogen-bond donors (Lipinski definition) is 1. The Hall–Kier alpha value is -1.09. The molecule has 0 radical (unpaired) electrons. The number of rotatable bonds is 4. The molecule has 0 atom stereocenters. The van der Waals surface area contributed by atoms with Gasteiger partial charge in [-0.15, -0.1) is 0 Å². The van der Waals surface area contributed by atoms with Crippen molar-refractivity contribution in [2.75, 3.05) is 18.5 Å². The summed E-state index contributed by atoms with van der Waals surface area (Å²) in [4.78, 5) is 6.70. The number of nitrogens with zero attached hydrogens (tertiary/aromatic N) is 2. The summed E-state index contributed by atoms with van der Waals surface area (Å²) in [5.41, 5.74) is 9.28. The van der Waals surface area contributed by atoms with E-state index < -0.39 is 0 Å². The lowest BCUT2D eigenvalue weighted by Gasteiger charge is -2.29. The van der Waals surface area contributed by atoms with Gasteiger partial charge < -0.3 is 10.6 Å². The normalized spacial score (nSPS) is 16.8. The number of pyridine rings is 1. The molecular formula is C15H25N3. The molecule has 0 bridgehead atoms. The Bertz CT molecular complexity index is 383. The van der Waals surface area contributed by atoms with Crippen LogP contribution in [0.1, 0.15) is 43.4 Å². The van der Waals surface area contributed by atoms with Crippen LogP contribution >= 0.6 is 0 Å². The molecule has 3 nitrogen and oxygen atoms in total. The summed E-state index contributed by atoms with van der Waals surface area (Å²) >= 11 is 0. The fourth-order valence-electron chi connectivity index (χ4n) is 2.94. The quantitative estimate of drug-likeness (QED) is 0.889. The lowest BCUT2D eigenvalue weighted by atomic mass is 9.89. The predicted octanol–water partition coefficient (Wildman–Crippen LogP) is 2.87. The van der Waals surface area contributed by atoms with Gasteiger partial charge in [-0.3, -0.25) is 4.98 Å². The first kappa shape index (κ1) is 13.3. The van der Waals surface area contributed by atoms with Crippen molar-refractivity contribution in [2.24, 2.45) is 11.7 Å². The van der Waals surface area contributed by atoms with Gasteiger partial charge in [0, 0.05) is 43.3 Å². The minimum Gasteiger partial charge on any atom is -0.374 e. The molecule has 1 aromatic rings. The van der Waals surface area contributed by atoms with E-state index in [4.69, 9.17) is 5.73 Å². The zero-order valence-electron chi connectivity index (χ0n) is 11.7. The maximum atomic E-state index is 5.80. The zero-order chi connectivity index (χ0) is 13.0. The number of anilines is 1. The molecule has 0 aromatic carbocycles. The minimum atomic E-state index is 0.567. The van der Waals surface area contributed by atoms with Gasteiger partial charge in [-0.25, -0.2) is 0 Å². The Morgan fingerprint density at radius 1 is 1.33 bits per heavy atom. The fourth-order valence-corrected chi connectivity index (χ4v) is 2.94. The van der Waals surface area contributed by atoms with Crippen LogP contribution in [0.25, 0.3) is 0 Å². The third-order valence-electron chi connectivity index (χ3n) is 3.99. The molecule has 1 aliphatic rings. The Morgan fingerprint density at radius 3 is 2.72 bits per heavy atom. The van der Waals surface area contributed by atoms with Gasteiger partial charge in [0.2, 0.25) is 0 Å². The maximum absolute atomic E-state index is 5.80. The van der Waals surface area contributed by atoms with Crippen molar-refractivity contribution in [2.45, 2.75) is 45.6 Å². The Balaban J connectivity index is 2.07. The maximum Gasteiger partial charge on any atom is 0.0442 e. The second-order valence-corrected chi connectivity index (χ2v) is 5.54. The van der Waals surface area contributed by atoms with Gasteiger partial charge in [-0.05, 0) is 31.7 Å². The van der Waals surface area contributed by atoms with Crippen LogP contribution in [0, 0.1) is 12.8 Å². The first-order valence-corrected chi connectivity index (χ1v) is 7.07. The SMILES string of the molecule is Cc1cc(N(C)CC2CCCCC2)c(CN)cn1. The van der Waals surface area contributed by atoms with Gasteiger partial charge in [-0.1, -0.05) is 19.3 Å². The first-order chi connectivity index (χ1) is 8.70. The summed E-state index contributed by atoms with van der Waals surface area (Å²) in [5, 5.41) is 0. The van der Waals surface area contributed by atoms with Crippen molar-refractivity contribution in [3.63, 3.8) is 0 Å². The monoisotopic (exact) mass is 247 g/mol. The molecule has 18 heavy (non-hydrogen) atoms. The Morgan fingerprint density at radius 2 is 2.06 bits per heavy atom. The molecule has 100 valence electrons. The van der Waals surface area contributed by atoms with Gasteiger partial charge in [0.25, 0.3) is 0 Å². The van der Waals surface area contributed by atoms with Gasteiger partial charge in [0.15, 0.2) is 0 Å². The second kappa shape index (κ2) is 6.19. The summed E-state index contributed by atoms with van der Waals surface area (Å²) in [6, 6.07) is 2.16. The van der Waals surface area contributed by atoms with Crippen LogP contribution in [0.15, 0.2) is 12.3 Å². The van der Waals surface area contributed by atoms with E-state index in [9.17, 15) is 0 Å². The number of hydrogen-bond acceptors (Lipinski definition) is 3. The Kier molecular flexibility index (Phi) is 4.59. The molecule has 1 heterocycles. The highest BCUT2D eigenvalue weighted by molar-refractivity contribution is 5.53. The zero-order valence-corrected chi connectivity index (χ0v) is 11.7. The summed E-state index contributed by atoms with van der Waals surface area (Å²) in [6.45, 7) is 3.76. The molecule has 1 aliphatic carbocycles. The number of nitrogens with two attached hydrogens (primary N) is 1. The summed E-state index contributed by atoms with van der Waals surface area (Å²) in [7, 11) is 2.18. The molecule has 1 saturated carbocycles. The summed E-state index contributed by atoms with van der Waals surface area (Å²) in [5.74, 6) is 0.850. The van der Waals surface area contributed by atoms with E-state index in [1.54, 1.807) is 0 Å². The molecule has 1 fully saturated rings. The first-order valence-electron chi connectivity index (χ1n) is 7.07. The van der Waals surface area contributed by atoms with Crippen LogP contribution in [-0.2, 0) is 6.54 Å². The van der Waals surface area contributed by atoms with Gasteiger partial charge >= 0.3 is 0 Å². The van der Waals surface area contributed by atoms with Crippen molar-refractivity contribution >= 4 is 5.69 Å². The van der Waals surface area contributed by atoms with E-state index in [0.717, 1.165) is 23.7 Å². The number of aromatic nitrogens is 1. The molecule has 3 heteroatoms. The van der Waals surface area contributed by atoms with E-state index in [2.05, 4.69) is 23.0 Å². The smallest absolute Gasteiger partial charge is 0.0442 e. The van der Waals surface area contributed by atoms with E-state index in [1.165, 1.54) is 37.8 Å². The van der Waals surface area contributed by atoms with E-state index >= 15 is 0 Å². The molecule has 0 amide bonds. The predicted molar refractivity (Wildman–Crippen MR) is 76.7 cm³/mol. The Labute approximate surface area is 110 Å². The molecule has 0 aliphatic heterocycles. The van der Waals surface area contributed by atoms with E-state index in [1.807, 2.05) is 13.1 Å². The van der Waals surface area contributed by atoms with Crippen LogP contribution in [0.3, 0.4) is 0 Å². The molecule has 0 unspecified atom stereocenters. The largest absolute Gasteiger partial charge is 0.374 e. The minimum absolute atomic E-state index is 0.567.